The Morgan fingerprint density at radius 3 is 2.40 bits per heavy atom. The summed E-state index contributed by atoms with van der Waals surface area (Å²) in [7, 11) is 0. The quantitative estimate of drug-likeness (QED) is 0.354. The molecule has 82 valence electrons. The van der Waals surface area contributed by atoms with Crippen molar-refractivity contribution in [2.75, 3.05) is 0 Å². The third-order valence-corrected chi connectivity index (χ3v) is 7.23. The van der Waals surface area contributed by atoms with E-state index in [-0.39, 0.29) is 5.38 Å². The highest BCUT2D eigenvalue weighted by Crippen LogP contribution is 2.71. The molecule has 0 heterocycles. The summed E-state index contributed by atoms with van der Waals surface area (Å²) < 4.78 is -0.661. The smallest absolute Gasteiger partial charge is 0.119 e. The fourth-order valence-electron chi connectivity index (χ4n) is 4.89. The van der Waals surface area contributed by atoms with E-state index in [9.17, 15) is 0 Å². The Balaban J connectivity index is 1.80. The Morgan fingerprint density at radius 1 is 1.00 bits per heavy atom. The highest BCUT2D eigenvalue weighted by Gasteiger charge is 2.69. The lowest BCUT2D eigenvalue weighted by atomic mass is 9.73. The van der Waals surface area contributed by atoms with E-state index in [1.165, 1.54) is 6.42 Å². The number of hydrogen-bond donors (Lipinski definition) is 0. The molecule has 0 N–H and O–H groups in total. The van der Waals surface area contributed by atoms with Crippen molar-refractivity contribution >= 4 is 34.8 Å². The Morgan fingerprint density at radius 2 is 1.67 bits per heavy atom. The van der Waals surface area contributed by atoms with Crippen molar-refractivity contribution < 1.29 is 0 Å². The molecule has 4 aliphatic carbocycles. The number of halogens is 3. The number of allylic oxidation sites excluding steroid dienone is 2. The third-order valence-electron chi connectivity index (χ3n) is 5.31. The fourth-order valence-corrected chi connectivity index (χ4v) is 6.12. The molecule has 0 aromatic rings. The summed E-state index contributed by atoms with van der Waals surface area (Å²) in [6, 6.07) is 0. The molecule has 0 saturated heterocycles. The summed E-state index contributed by atoms with van der Waals surface area (Å²) in [6.07, 6.45) is 7.28. The van der Waals surface area contributed by atoms with Crippen LogP contribution in [0.3, 0.4) is 0 Å². The number of rotatable bonds is 0. The molecule has 0 spiro atoms. The summed E-state index contributed by atoms with van der Waals surface area (Å²) in [4.78, 5) is 0. The van der Waals surface area contributed by atoms with E-state index in [2.05, 4.69) is 12.2 Å². The molecule has 4 bridgehead atoms. The Kier molecular flexibility index (Phi) is 1.74. The predicted octanol–water partition coefficient (Wildman–Crippen LogP) is 3.86. The fraction of sp³-hybridized carbons (Fsp3) is 0.833. The first-order chi connectivity index (χ1) is 7.10. The topological polar surface area (TPSA) is 0 Å². The van der Waals surface area contributed by atoms with Gasteiger partial charge in [-0.05, 0) is 48.3 Å². The highest BCUT2D eigenvalue weighted by molar-refractivity contribution is 6.53. The lowest BCUT2D eigenvalue weighted by Gasteiger charge is -2.41. The van der Waals surface area contributed by atoms with Crippen LogP contribution in [0.15, 0.2) is 12.2 Å². The van der Waals surface area contributed by atoms with E-state index in [1.807, 2.05) is 0 Å². The van der Waals surface area contributed by atoms with Crippen LogP contribution in [-0.2, 0) is 0 Å². The van der Waals surface area contributed by atoms with Crippen LogP contribution in [0, 0.1) is 35.5 Å². The van der Waals surface area contributed by atoms with Gasteiger partial charge in [0.1, 0.15) is 4.33 Å². The summed E-state index contributed by atoms with van der Waals surface area (Å²) in [6.45, 7) is 0. The first kappa shape index (κ1) is 9.62. The molecular formula is C12H13Cl3. The molecule has 7 unspecified atom stereocenters. The molecule has 0 nitrogen and oxygen atoms in total. The first-order valence-corrected chi connectivity index (χ1v) is 7.00. The largest absolute Gasteiger partial charge is 0.137 e. The lowest BCUT2D eigenvalue weighted by molar-refractivity contribution is 0.200. The van der Waals surface area contributed by atoms with Gasteiger partial charge in [-0.3, -0.25) is 0 Å². The molecule has 15 heavy (non-hydrogen) atoms. The first-order valence-electron chi connectivity index (χ1n) is 5.81. The van der Waals surface area contributed by atoms with Gasteiger partial charge in [0, 0.05) is 0 Å². The SMILES string of the molecule is ClC1C2CC(C3C4C=CC(C4)C23)C1(Cl)Cl. The Hall–Kier alpha value is 0.610. The average Bonchev–Trinajstić information content (AvgIpc) is 2.88. The lowest BCUT2D eigenvalue weighted by Crippen LogP contribution is -2.44. The molecule has 0 amide bonds. The van der Waals surface area contributed by atoms with Crippen LogP contribution in [0.5, 0.6) is 0 Å². The van der Waals surface area contributed by atoms with E-state index in [4.69, 9.17) is 34.8 Å². The van der Waals surface area contributed by atoms with Gasteiger partial charge in [-0.2, -0.15) is 0 Å². The molecule has 0 aliphatic heterocycles. The van der Waals surface area contributed by atoms with E-state index < -0.39 is 4.33 Å². The maximum absolute atomic E-state index is 6.43. The van der Waals surface area contributed by atoms with E-state index >= 15 is 0 Å². The monoisotopic (exact) mass is 262 g/mol. The van der Waals surface area contributed by atoms with Gasteiger partial charge in [-0.15, -0.1) is 11.6 Å². The van der Waals surface area contributed by atoms with Crippen molar-refractivity contribution in [3.63, 3.8) is 0 Å². The predicted molar refractivity (Wildman–Crippen MR) is 63.4 cm³/mol. The van der Waals surface area contributed by atoms with Crippen molar-refractivity contribution in [1.82, 2.24) is 0 Å². The summed E-state index contributed by atoms with van der Waals surface area (Å²) in [5.41, 5.74) is 0. The zero-order valence-electron chi connectivity index (χ0n) is 8.24. The van der Waals surface area contributed by atoms with Crippen LogP contribution in [0.1, 0.15) is 12.8 Å². The number of fused-ring (bicyclic) bond motifs is 9. The van der Waals surface area contributed by atoms with Crippen LogP contribution in [0.4, 0.5) is 0 Å². The van der Waals surface area contributed by atoms with Crippen LogP contribution in [-0.4, -0.2) is 9.71 Å². The van der Waals surface area contributed by atoms with Gasteiger partial charge < -0.3 is 0 Å². The van der Waals surface area contributed by atoms with Gasteiger partial charge in [0.25, 0.3) is 0 Å². The second-order valence-electron chi connectivity index (χ2n) is 5.69. The standard InChI is InChI=1S/C12H13Cl3/c13-11-7-4-8(12(11,14)15)10-6-2-1-5(3-6)9(7)10/h1-2,5-11H,3-4H2. The molecule has 3 heteroatoms. The van der Waals surface area contributed by atoms with Crippen LogP contribution in [0.2, 0.25) is 0 Å². The molecule has 0 aromatic heterocycles. The second-order valence-corrected chi connectivity index (χ2v) is 7.60. The van der Waals surface area contributed by atoms with Gasteiger partial charge in [0.2, 0.25) is 0 Å². The molecule has 0 radical (unpaired) electrons. The van der Waals surface area contributed by atoms with Crippen molar-refractivity contribution in [2.45, 2.75) is 22.6 Å². The molecular weight excluding hydrogens is 250 g/mol. The average molecular weight is 264 g/mol. The minimum atomic E-state index is -0.661. The maximum atomic E-state index is 6.43. The second kappa shape index (κ2) is 2.71. The summed E-state index contributed by atoms with van der Waals surface area (Å²) in [5.74, 6) is 4.06. The highest BCUT2D eigenvalue weighted by atomic mass is 35.5. The van der Waals surface area contributed by atoms with Crippen molar-refractivity contribution in [3.05, 3.63) is 12.2 Å². The number of alkyl halides is 3. The minimum absolute atomic E-state index is 0.0279. The zero-order valence-corrected chi connectivity index (χ0v) is 10.5. The van der Waals surface area contributed by atoms with Crippen molar-refractivity contribution in [1.29, 1.82) is 0 Å². The van der Waals surface area contributed by atoms with Gasteiger partial charge in [0.05, 0.1) is 5.38 Å². The molecule has 0 aromatic carbocycles. The van der Waals surface area contributed by atoms with Crippen LogP contribution in [0.25, 0.3) is 0 Å². The van der Waals surface area contributed by atoms with Crippen molar-refractivity contribution in [2.24, 2.45) is 35.5 Å². The molecule has 3 fully saturated rings. The molecule has 7 atom stereocenters. The van der Waals surface area contributed by atoms with E-state index in [1.54, 1.807) is 0 Å². The van der Waals surface area contributed by atoms with Crippen LogP contribution >= 0.6 is 34.8 Å². The van der Waals surface area contributed by atoms with Gasteiger partial charge >= 0.3 is 0 Å². The van der Waals surface area contributed by atoms with Gasteiger partial charge in [0.15, 0.2) is 0 Å². The molecule has 4 aliphatic rings. The zero-order chi connectivity index (χ0) is 10.4. The van der Waals surface area contributed by atoms with E-state index in [0.717, 1.165) is 30.1 Å². The van der Waals surface area contributed by atoms with Crippen LogP contribution < -0.4 is 0 Å². The third kappa shape index (κ3) is 0.944. The minimum Gasteiger partial charge on any atom is -0.119 e. The van der Waals surface area contributed by atoms with Gasteiger partial charge in [-0.25, -0.2) is 0 Å². The Labute approximate surface area is 105 Å². The maximum Gasteiger partial charge on any atom is 0.137 e. The molecule has 4 rings (SSSR count). The normalized spacial score (nSPS) is 62.7. The number of hydrogen-bond acceptors (Lipinski definition) is 0. The van der Waals surface area contributed by atoms with Crippen molar-refractivity contribution in [3.8, 4) is 0 Å². The summed E-state index contributed by atoms with van der Waals surface area (Å²) in [5, 5.41) is -0.0279. The Bertz CT molecular complexity index is 349. The molecule has 3 saturated carbocycles. The van der Waals surface area contributed by atoms with Gasteiger partial charge in [-0.1, -0.05) is 35.4 Å². The van der Waals surface area contributed by atoms with E-state index in [0.29, 0.717) is 11.8 Å². The summed E-state index contributed by atoms with van der Waals surface area (Å²) >= 11 is 19.3.